The summed E-state index contributed by atoms with van der Waals surface area (Å²) in [6.07, 6.45) is -0.501. The Morgan fingerprint density at radius 2 is 1.68 bits per heavy atom. The number of benzene rings is 2. The molecule has 0 spiro atoms. The highest BCUT2D eigenvalue weighted by Crippen LogP contribution is 2.27. The van der Waals surface area contributed by atoms with Crippen LogP contribution in [-0.2, 0) is 9.53 Å². The van der Waals surface area contributed by atoms with Crippen molar-refractivity contribution in [2.45, 2.75) is 25.6 Å². The lowest BCUT2D eigenvalue weighted by molar-refractivity contribution is -0.119. The minimum absolute atomic E-state index is 0.146. The van der Waals surface area contributed by atoms with Crippen molar-refractivity contribution in [3.63, 3.8) is 0 Å². The van der Waals surface area contributed by atoms with Gasteiger partial charge in [-0.05, 0) is 42.3 Å². The molecule has 0 bridgehead atoms. The van der Waals surface area contributed by atoms with E-state index < -0.39 is 12.2 Å². The summed E-state index contributed by atoms with van der Waals surface area (Å²) in [7, 11) is 2.15. The largest absolute Gasteiger partial charge is 0.442 e. The number of piperazine rings is 1. The number of nitrogens with one attached hydrogen (secondary N) is 1. The highest BCUT2D eigenvalue weighted by Gasteiger charge is 2.32. The number of aliphatic hydroxyl groups excluding tert-OH is 1. The van der Waals surface area contributed by atoms with Crippen molar-refractivity contribution in [2.75, 3.05) is 57.8 Å². The molecule has 182 valence electrons. The number of carbonyl (C=O) groups excluding carboxylic acids is 2. The first kappa shape index (κ1) is 24.2. The summed E-state index contributed by atoms with van der Waals surface area (Å²) < 4.78 is 5.34. The van der Waals surface area contributed by atoms with E-state index >= 15 is 0 Å². The maximum absolute atomic E-state index is 12.2. The number of hydrogen-bond acceptors (Lipinski definition) is 6. The van der Waals surface area contributed by atoms with Crippen LogP contribution in [0.1, 0.15) is 25.0 Å². The first-order valence-corrected chi connectivity index (χ1v) is 11.9. The number of likely N-dealkylation sites (N-methyl/N-ethyl adjacent to an activating group) is 1. The zero-order chi connectivity index (χ0) is 24.1. The number of anilines is 1. The van der Waals surface area contributed by atoms with Gasteiger partial charge in [0.1, 0.15) is 6.10 Å². The molecule has 2 atom stereocenters. The fraction of sp³-hybridized carbons (Fsp3) is 0.462. The molecule has 2 heterocycles. The molecule has 2 fully saturated rings. The third-order valence-corrected chi connectivity index (χ3v) is 6.58. The molecule has 0 saturated carbocycles. The van der Waals surface area contributed by atoms with Crippen LogP contribution in [0.15, 0.2) is 48.5 Å². The number of carbonyl (C=O) groups is 2. The second-order valence-corrected chi connectivity index (χ2v) is 9.17. The number of nitrogens with zero attached hydrogens (tertiary/aromatic N) is 3. The van der Waals surface area contributed by atoms with Crippen molar-refractivity contribution in [3.05, 3.63) is 54.1 Å². The van der Waals surface area contributed by atoms with Crippen LogP contribution in [0.5, 0.6) is 0 Å². The third-order valence-electron chi connectivity index (χ3n) is 6.58. The molecule has 2 N–H and O–H groups in total. The maximum atomic E-state index is 12.2. The van der Waals surface area contributed by atoms with Gasteiger partial charge in [0.15, 0.2) is 0 Å². The van der Waals surface area contributed by atoms with Crippen molar-refractivity contribution in [1.29, 1.82) is 0 Å². The van der Waals surface area contributed by atoms with Crippen molar-refractivity contribution < 1.29 is 19.4 Å². The molecule has 0 aliphatic carbocycles. The van der Waals surface area contributed by atoms with E-state index in [1.807, 2.05) is 48.5 Å². The molecule has 0 aromatic heterocycles. The summed E-state index contributed by atoms with van der Waals surface area (Å²) in [4.78, 5) is 29.6. The van der Waals surface area contributed by atoms with Crippen LogP contribution in [0.3, 0.4) is 0 Å². The summed E-state index contributed by atoms with van der Waals surface area (Å²) in [6.45, 7) is 7.34. The zero-order valence-electron chi connectivity index (χ0n) is 19.9. The average Bonchev–Trinajstić information content (AvgIpc) is 3.23. The Balaban J connectivity index is 1.31. The molecular formula is C26H34N4O4. The topological polar surface area (TPSA) is 85.4 Å². The van der Waals surface area contributed by atoms with Crippen LogP contribution in [0.4, 0.5) is 10.5 Å². The smallest absolute Gasteiger partial charge is 0.414 e. The summed E-state index contributed by atoms with van der Waals surface area (Å²) in [5.74, 6) is -0.146. The van der Waals surface area contributed by atoms with Gasteiger partial charge >= 0.3 is 6.09 Å². The lowest BCUT2D eigenvalue weighted by Crippen LogP contribution is -2.44. The SMILES string of the molecule is CC(=O)NCC1CN(c2ccc(-c3ccc(C(O)CCN4CCN(C)CC4)cc3)cc2)C(=O)O1. The van der Waals surface area contributed by atoms with E-state index in [-0.39, 0.29) is 12.0 Å². The predicted octanol–water partition coefficient (Wildman–Crippen LogP) is 2.49. The Morgan fingerprint density at radius 3 is 2.29 bits per heavy atom. The Morgan fingerprint density at radius 1 is 1.06 bits per heavy atom. The van der Waals surface area contributed by atoms with Gasteiger partial charge in [0, 0.05) is 45.3 Å². The highest BCUT2D eigenvalue weighted by molar-refractivity contribution is 5.90. The van der Waals surface area contributed by atoms with Crippen molar-refractivity contribution in [2.24, 2.45) is 0 Å². The molecule has 2 unspecified atom stereocenters. The normalized spacial score (nSPS) is 20.3. The Hall–Kier alpha value is -2.94. The number of rotatable bonds is 8. The number of amides is 2. The van der Waals surface area contributed by atoms with Crippen LogP contribution in [-0.4, -0.2) is 85.9 Å². The minimum atomic E-state index is -0.470. The van der Waals surface area contributed by atoms with E-state index in [9.17, 15) is 14.7 Å². The second kappa shape index (κ2) is 11.0. The first-order chi connectivity index (χ1) is 16.4. The lowest BCUT2D eigenvalue weighted by atomic mass is 10.00. The Labute approximate surface area is 201 Å². The van der Waals surface area contributed by atoms with E-state index in [0.717, 1.165) is 61.5 Å². The summed E-state index contributed by atoms with van der Waals surface area (Å²) >= 11 is 0. The van der Waals surface area contributed by atoms with Gasteiger partial charge in [0.25, 0.3) is 0 Å². The minimum Gasteiger partial charge on any atom is -0.442 e. The van der Waals surface area contributed by atoms with Crippen LogP contribution >= 0.6 is 0 Å². The molecule has 2 aliphatic rings. The molecule has 34 heavy (non-hydrogen) atoms. The molecule has 2 aromatic carbocycles. The van der Waals surface area contributed by atoms with Gasteiger partial charge in [0.05, 0.1) is 19.2 Å². The van der Waals surface area contributed by atoms with Gasteiger partial charge < -0.3 is 25.0 Å². The van der Waals surface area contributed by atoms with Crippen molar-refractivity contribution in [3.8, 4) is 11.1 Å². The fourth-order valence-electron chi connectivity index (χ4n) is 4.37. The molecule has 2 aromatic rings. The number of hydrogen-bond donors (Lipinski definition) is 2. The second-order valence-electron chi connectivity index (χ2n) is 9.17. The predicted molar refractivity (Wildman–Crippen MR) is 132 cm³/mol. The number of cyclic esters (lactones) is 1. The molecule has 2 saturated heterocycles. The standard InChI is InChI=1S/C26H34N4O4/c1-19(31)27-17-24-18-30(26(33)34-24)23-9-7-21(8-10-23)20-3-5-22(6-4-20)25(32)11-12-29-15-13-28(2)14-16-29/h3-10,24-25,32H,11-18H2,1-2H3,(H,27,31). The van der Waals surface area contributed by atoms with Gasteiger partial charge in [-0.1, -0.05) is 36.4 Å². The summed E-state index contributed by atoms with van der Waals surface area (Å²) in [5.41, 5.74) is 3.77. The summed E-state index contributed by atoms with van der Waals surface area (Å²) in [6, 6.07) is 15.8. The van der Waals surface area contributed by atoms with Crippen LogP contribution in [0.2, 0.25) is 0 Å². The summed E-state index contributed by atoms with van der Waals surface area (Å²) in [5, 5.41) is 13.3. The quantitative estimate of drug-likeness (QED) is 0.622. The number of aliphatic hydroxyl groups is 1. The van der Waals surface area contributed by atoms with Gasteiger partial charge in [-0.15, -0.1) is 0 Å². The molecular weight excluding hydrogens is 432 g/mol. The Kier molecular flexibility index (Phi) is 7.82. The first-order valence-electron chi connectivity index (χ1n) is 11.9. The third kappa shape index (κ3) is 6.14. The highest BCUT2D eigenvalue weighted by atomic mass is 16.6. The Bertz CT molecular complexity index is 971. The average molecular weight is 467 g/mol. The van der Waals surface area contributed by atoms with Crippen molar-refractivity contribution >= 4 is 17.7 Å². The van der Waals surface area contributed by atoms with E-state index in [1.54, 1.807) is 4.90 Å². The van der Waals surface area contributed by atoms with Crippen LogP contribution in [0.25, 0.3) is 11.1 Å². The van der Waals surface area contributed by atoms with Crippen molar-refractivity contribution in [1.82, 2.24) is 15.1 Å². The van der Waals surface area contributed by atoms with Crippen LogP contribution in [0, 0.1) is 0 Å². The monoisotopic (exact) mass is 466 g/mol. The molecule has 8 heteroatoms. The molecule has 2 aliphatic heterocycles. The van der Waals surface area contributed by atoms with E-state index in [0.29, 0.717) is 13.1 Å². The maximum Gasteiger partial charge on any atom is 0.414 e. The van der Waals surface area contributed by atoms with E-state index in [4.69, 9.17) is 4.74 Å². The number of ether oxygens (including phenoxy) is 1. The van der Waals surface area contributed by atoms with Crippen LogP contribution < -0.4 is 10.2 Å². The lowest BCUT2D eigenvalue weighted by Gasteiger charge is -2.32. The van der Waals surface area contributed by atoms with Gasteiger partial charge in [-0.2, -0.15) is 0 Å². The van der Waals surface area contributed by atoms with E-state index in [2.05, 4.69) is 22.2 Å². The molecule has 0 radical (unpaired) electrons. The molecule has 4 rings (SSSR count). The zero-order valence-corrected chi connectivity index (χ0v) is 19.9. The fourth-order valence-corrected chi connectivity index (χ4v) is 4.37. The van der Waals surface area contributed by atoms with Gasteiger partial charge in [0.2, 0.25) is 5.91 Å². The van der Waals surface area contributed by atoms with Gasteiger partial charge in [-0.25, -0.2) is 4.79 Å². The van der Waals surface area contributed by atoms with E-state index in [1.165, 1.54) is 6.92 Å². The van der Waals surface area contributed by atoms with Gasteiger partial charge in [-0.3, -0.25) is 9.69 Å². The molecule has 2 amide bonds. The molecule has 8 nitrogen and oxygen atoms in total.